The summed E-state index contributed by atoms with van der Waals surface area (Å²) in [5.74, 6) is -5.31. The minimum Gasteiger partial charge on any atom is -0.459 e. The van der Waals surface area contributed by atoms with Crippen molar-refractivity contribution in [3.05, 3.63) is 57.4 Å². The zero-order chi connectivity index (χ0) is 24.3. The smallest absolute Gasteiger partial charge is 0.358 e. The van der Waals surface area contributed by atoms with Crippen molar-refractivity contribution in [1.82, 2.24) is 19.1 Å². The van der Waals surface area contributed by atoms with E-state index in [2.05, 4.69) is 9.97 Å². The maximum Gasteiger partial charge on any atom is 0.358 e. The van der Waals surface area contributed by atoms with Gasteiger partial charge < -0.3 is 24.4 Å². The third kappa shape index (κ3) is 4.97. The number of halogens is 1. The molecule has 14 heteroatoms. The summed E-state index contributed by atoms with van der Waals surface area (Å²) in [7, 11) is 0. The lowest BCUT2D eigenvalue weighted by Gasteiger charge is -2.23. The van der Waals surface area contributed by atoms with Crippen LogP contribution in [0.5, 0.6) is 0 Å². The molecule has 0 bridgehead atoms. The van der Waals surface area contributed by atoms with E-state index in [1.165, 1.54) is 26.1 Å². The molecule has 1 fully saturated rings. The predicted octanol–water partition coefficient (Wildman–Crippen LogP) is -1.27. The van der Waals surface area contributed by atoms with E-state index in [0.717, 1.165) is 18.6 Å². The van der Waals surface area contributed by atoms with Gasteiger partial charge in [-0.15, -0.1) is 0 Å². The number of ether oxygens (including phenoxy) is 3. The van der Waals surface area contributed by atoms with E-state index in [-0.39, 0.29) is 5.69 Å². The second kappa shape index (κ2) is 9.56. The average Bonchev–Trinajstić information content (AvgIpc) is 3.02. The highest BCUT2D eigenvalue weighted by molar-refractivity contribution is 5.86. The Kier molecular flexibility index (Phi) is 7.00. The van der Waals surface area contributed by atoms with Crippen molar-refractivity contribution in [2.45, 2.75) is 44.9 Å². The fourth-order valence-corrected chi connectivity index (χ4v) is 2.88. The molecule has 2 N–H and O–H groups in total. The van der Waals surface area contributed by atoms with Crippen LogP contribution in [-0.4, -0.2) is 65.9 Å². The molecule has 0 radical (unpaired) electrons. The first-order chi connectivity index (χ1) is 15.5. The molecule has 0 aromatic carbocycles. The summed E-state index contributed by atoms with van der Waals surface area (Å²) in [6, 6.07) is 2.14. The van der Waals surface area contributed by atoms with Crippen LogP contribution in [0.25, 0.3) is 0 Å². The number of nitrogens with zero attached hydrogens (tertiary/aromatic N) is 4. The summed E-state index contributed by atoms with van der Waals surface area (Å²) in [4.78, 5) is 55.8. The highest BCUT2D eigenvalue weighted by Crippen LogP contribution is 2.38. The first-order valence-corrected chi connectivity index (χ1v) is 9.70. The van der Waals surface area contributed by atoms with Crippen LogP contribution in [0, 0.1) is 5.92 Å². The van der Waals surface area contributed by atoms with Gasteiger partial charge in [0.25, 0.3) is 11.4 Å². The molecule has 178 valence electrons. The van der Waals surface area contributed by atoms with Crippen molar-refractivity contribution in [3.63, 3.8) is 0 Å². The molecule has 0 saturated carbocycles. The van der Waals surface area contributed by atoms with Crippen molar-refractivity contribution in [1.29, 1.82) is 0 Å². The quantitative estimate of drug-likeness (QED) is 0.464. The van der Waals surface area contributed by atoms with Crippen LogP contribution in [-0.2, 0) is 25.7 Å². The van der Waals surface area contributed by atoms with Crippen LogP contribution < -0.4 is 11.2 Å². The maximum atomic E-state index is 15.1. The summed E-state index contributed by atoms with van der Waals surface area (Å²) in [5.41, 5.74) is -2.11. The lowest BCUT2D eigenvalue weighted by Crippen LogP contribution is -2.44. The van der Waals surface area contributed by atoms with Gasteiger partial charge in [0.2, 0.25) is 0 Å². The monoisotopic (exact) mass is 468 g/mol. The van der Waals surface area contributed by atoms with Gasteiger partial charge in [-0.3, -0.25) is 14.2 Å². The zero-order valence-electron chi connectivity index (χ0n) is 17.5. The van der Waals surface area contributed by atoms with E-state index in [4.69, 9.17) is 14.2 Å². The number of carbonyl (C=O) groups excluding carboxylic acids is 2. The number of hydrogen-bond donors (Lipinski definition) is 2. The molecule has 0 aliphatic carbocycles. The summed E-state index contributed by atoms with van der Waals surface area (Å²) in [5, 5.41) is 20.4. The fourth-order valence-electron chi connectivity index (χ4n) is 2.88. The molecule has 1 aliphatic rings. The van der Waals surface area contributed by atoms with Crippen LogP contribution in [0.4, 0.5) is 4.39 Å². The van der Waals surface area contributed by atoms with E-state index < -0.39 is 66.7 Å². The average molecular weight is 468 g/mol. The summed E-state index contributed by atoms with van der Waals surface area (Å²) < 4.78 is 30.9. The number of aliphatic hydroxyl groups is 2. The van der Waals surface area contributed by atoms with Crippen molar-refractivity contribution in [2.24, 2.45) is 5.92 Å². The molecular formula is C19H21FN4O9. The molecule has 3 rings (SSSR count). The summed E-state index contributed by atoms with van der Waals surface area (Å²) >= 11 is 0. The van der Waals surface area contributed by atoms with Crippen molar-refractivity contribution < 1.29 is 38.4 Å². The van der Waals surface area contributed by atoms with E-state index in [0.29, 0.717) is 9.13 Å². The Morgan fingerprint density at radius 1 is 1.27 bits per heavy atom. The molecule has 0 spiro atoms. The van der Waals surface area contributed by atoms with Crippen LogP contribution in [0.1, 0.15) is 30.6 Å². The zero-order valence-corrected chi connectivity index (χ0v) is 17.5. The van der Waals surface area contributed by atoms with Gasteiger partial charge in [-0.25, -0.2) is 28.5 Å². The van der Waals surface area contributed by atoms with Gasteiger partial charge in [0.15, 0.2) is 25.3 Å². The van der Waals surface area contributed by atoms with Crippen molar-refractivity contribution in [2.75, 3.05) is 6.61 Å². The molecule has 33 heavy (non-hydrogen) atoms. The summed E-state index contributed by atoms with van der Waals surface area (Å²) in [6.07, 6.45) is -2.61. The van der Waals surface area contributed by atoms with Gasteiger partial charge in [-0.05, 0) is 6.07 Å². The second-order valence-electron chi connectivity index (χ2n) is 7.42. The van der Waals surface area contributed by atoms with E-state index in [1.54, 1.807) is 0 Å². The van der Waals surface area contributed by atoms with Crippen LogP contribution in [0.15, 0.2) is 40.4 Å². The normalized spacial score (nSPS) is 24.6. The molecule has 2 aromatic rings. The first kappa shape index (κ1) is 24.2. The molecule has 2 aromatic heterocycles. The van der Waals surface area contributed by atoms with Crippen molar-refractivity contribution in [3.8, 4) is 0 Å². The van der Waals surface area contributed by atoms with Gasteiger partial charge in [-0.1, -0.05) is 13.8 Å². The number of carbonyl (C=O) groups is 2. The molecule has 4 atom stereocenters. The van der Waals surface area contributed by atoms with Crippen molar-refractivity contribution >= 4 is 11.9 Å². The number of alkyl halides is 1. The Hall–Kier alpha value is -3.49. The maximum absolute atomic E-state index is 15.1. The SMILES string of the molecule is CC(C)C(=O)OC[C@@]1(F)O[C@@H](n2ccc(=O)n(COC(=O)c3ccncn3)c2=O)[C@H](O)[C@@H]1O. The molecule has 0 unspecified atom stereocenters. The highest BCUT2D eigenvalue weighted by atomic mass is 19.2. The lowest BCUT2D eigenvalue weighted by molar-refractivity contribution is -0.218. The first-order valence-electron chi connectivity index (χ1n) is 9.70. The Balaban J connectivity index is 1.80. The highest BCUT2D eigenvalue weighted by Gasteiger charge is 2.57. The molecule has 3 heterocycles. The Morgan fingerprint density at radius 3 is 2.64 bits per heavy atom. The number of aliphatic hydroxyl groups excluding tert-OH is 2. The van der Waals surface area contributed by atoms with Gasteiger partial charge in [0, 0.05) is 18.5 Å². The van der Waals surface area contributed by atoms with Crippen LogP contribution in [0.3, 0.4) is 0 Å². The van der Waals surface area contributed by atoms with Crippen LogP contribution >= 0.6 is 0 Å². The van der Waals surface area contributed by atoms with Gasteiger partial charge in [0.05, 0.1) is 5.92 Å². The van der Waals surface area contributed by atoms with Crippen LogP contribution in [0.2, 0.25) is 0 Å². The molecule has 0 amide bonds. The topological polar surface area (TPSA) is 172 Å². The number of aromatic nitrogens is 4. The third-order valence-electron chi connectivity index (χ3n) is 4.74. The molecule has 13 nitrogen and oxygen atoms in total. The van der Waals surface area contributed by atoms with E-state index >= 15 is 4.39 Å². The minimum atomic E-state index is -3.02. The minimum absolute atomic E-state index is 0.120. The summed E-state index contributed by atoms with van der Waals surface area (Å²) in [6.45, 7) is 1.16. The van der Waals surface area contributed by atoms with E-state index in [1.807, 2.05) is 0 Å². The Morgan fingerprint density at radius 2 is 2.00 bits per heavy atom. The standard InChI is InChI=1S/C19H21FN4O9/c1-10(2)16(28)31-7-19(20)14(27)13(26)15(33-19)23-6-4-12(25)24(18(23)30)9-32-17(29)11-3-5-21-8-22-11/h3-6,8,10,13-15,26-27H,7,9H2,1-2H3/t13-,14+,15-,19-/m1/s1. The lowest BCUT2D eigenvalue weighted by atomic mass is 10.1. The molecule has 1 saturated heterocycles. The largest absolute Gasteiger partial charge is 0.459 e. The van der Waals surface area contributed by atoms with Gasteiger partial charge >= 0.3 is 17.6 Å². The number of hydrogen-bond acceptors (Lipinski definition) is 11. The number of esters is 2. The van der Waals surface area contributed by atoms with Gasteiger partial charge in [-0.2, -0.15) is 0 Å². The Labute approximate surface area is 185 Å². The van der Waals surface area contributed by atoms with Gasteiger partial charge in [0.1, 0.15) is 18.5 Å². The number of rotatable bonds is 7. The fraction of sp³-hybridized carbons (Fsp3) is 0.474. The third-order valence-corrected chi connectivity index (χ3v) is 4.74. The Bertz CT molecular complexity index is 1140. The second-order valence-corrected chi connectivity index (χ2v) is 7.42. The molecular weight excluding hydrogens is 447 g/mol. The molecule has 1 aliphatic heterocycles. The van der Waals surface area contributed by atoms with E-state index in [9.17, 15) is 29.4 Å². The predicted molar refractivity (Wildman–Crippen MR) is 104 cm³/mol.